The molecule has 2 rings (SSSR count). The van der Waals surface area contributed by atoms with Gasteiger partial charge in [0.1, 0.15) is 11.5 Å². The summed E-state index contributed by atoms with van der Waals surface area (Å²) in [4.78, 5) is 22.0. The molecular weight excluding hydrogens is 324 g/mol. The number of hydrogen-bond acceptors (Lipinski definition) is 5. The number of fused-ring (bicyclic) bond motifs is 1. The molecule has 0 aromatic heterocycles. The summed E-state index contributed by atoms with van der Waals surface area (Å²) in [6, 6.07) is 0. The highest BCUT2D eigenvalue weighted by atomic mass is 16.5. The summed E-state index contributed by atoms with van der Waals surface area (Å²) >= 11 is 0. The minimum Gasteiger partial charge on any atom is -0.507 e. The molecule has 6 heteroatoms. The third kappa shape index (κ3) is 4.24. The number of esters is 1. The Labute approximate surface area is 147 Å². The molecule has 25 heavy (non-hydrogen) atoms. The Morgan fingerprint density at radius 1 is 1.16 bits per heavy atom. The summed E-state index contributed by atoms with van der Waals surface area (Å²) in [5.41, 5.74) is 3.66. The molecule has 0 spiro atoms. The summed E-state index contributed by atoms with van der Waals surface area (Å²) < 4.78 is 11.2. The molecule has 6 nitrogen and oxygen atoms in total. The highest BCUT2D eigenvalue weighted by Gasteiger charge is 2.31. The molecule has 0 saturated heterocycles. The normalized spacial score (nSPS) is 19.0. The Bertz CT molecular complexity index is 679. The van der Waals surface area contributed by atoms with Crippen LogP contribution >= 0.6 is 0 Å². The van der Waals surface area contributed by atoms with Crippen molar-refractivity contribution in [2.45, 2.75) is 59.5 Å². The Morgan fingerprint density at radius 2 is 1.84 bits per heavy atom. The van der Waals surface area contributed by atoms with E-state index in [1.54, 1.807) is 0 Å². The van der Waals surface area contributed by atoms with Crippen molar-refractivity contribution in [2.75, 3.05) is 6.61 Å². The molecule has 0 bridgehead atoms. The smallest absolute Gasteiger partial charge is 0.306 e. The number of phenols is 1. The molecule has 0 saturated carbocycles. The quantitative estimate of drug-likeness (QED) is 0.766. The maximum atomic E-state index is 11.5. The minimum atomic E-state index is -1.01. The van der Waals surface area contributed by atoms with E-state index in [9.17, 15) is 14.7 Å². The monoisotopic (exact) mass is 350 g/mol. The van der Waals surface area contributed by atoms with Crippen LogP contribution in [0, 0.1) is 26.7 Å². The average Bonchev–Trinajstić information content (AvgIpc) is 2.57. The number of hydrogen-bond donors (Lipinski definition) is 2. The van der Waals surface area contributed by atoms with E-state index in [1.165, 1.54) is 0 Å². The molecule has 2 unspecified atom stereocenters. The number of rotatable bonds is 6. The molecule has 1 aliphatic rings. The molecule has 0 radical (unpaired) electrons. The third-order valence-corrected chi connectivity index (χ3v) is 5.07. The summed E-state index contributed by atoms with van der Waals surface area (Å²) in [5, 5.41) is 18.8. The van der Waals surface area contributed by atoms with E-state index in [-0.39, 0.29) is 31.5 Å². The van der Waals surface area contributed by atoms with Gasteiger partial charge in [0.25, 0.3) is 0 Å². The number of benzene rings is 1. The molecule has 0 amide bonds. The third-order valence-electron chi connectivity index (χ3n) is 5.07. The van der Waals surface area contributed by atoms with Crippen molar-refractivity contribution in [1.29, 1.82) is 0 Å². The fourth-order valence-electron chi connectivity index (χ4n) is 3.23. The lowest BCUT2D eigenvalue weighted by Gasteiger charge is -2.34. The first kappa shape index (κ1) is 19.1. The summed E-state index contributed by atoms with van der Waals surface area (Å²) in [5.74, 6) is -0.167. The number of carbonyl (C=O) groups is 2. The zero-order chi connectivity index (χ0) is 18.7. The van der Waals surface area contributed by atoms with Gasteiger partial charge in [-0.3, -0.25) is 9.59 Å². The number of ether oxygens (including phenoxy) is 2. The Morgan fingerprint density at radius 3 is 2.48 bits per heavy atom. The Balaban J connectivity index is 2.00. The van der Waals surface area contributed by atoms with Gasteiger partial charge in [-0.25, -0.2) is 0 Å². The van der Waals surface area contributed by atoms with Gasteiger partial charge in [-0.1, -0.05) is 0 Å². The molecule has 2 N–H and O–H groups in total. The van der Waals surface area contributed by atoms with Crippen LogP contribution in [0.25, 0.3) is 0 Å². The number of aliphatic carboxylic acids is 1. The fraction of sp³-hybridized carbons (Fsp3) is 0.579. The standard InChI is InChI=1S/C19H26O6/c1-10-11(2)19-15(12(3)18(10)23)9-14(13(4)25-19)7-8-24-17(22)6-5-16(20)21/h13-14,23H,5-9H2,1-4H3,(H,20,21). The van der Waals surface area contributed by atoms with Gasteiger partial charge >= 0.3 is 11.9 Å². The van der Waals surface area contributed by atoms with E-state index < -0.39 is 11.9 Å². The summed E-state index contributed by atoms with van der Waals surface area (Å²) in [6.07, 6.45) is 1.04. The predicted molar refractivity (Wildman–Crippen MR) is 92.0 cm³/mol. The van der Waals surface area contributed by atoms with E-state index in [0.717, 1.165) is 34.4 Å². The first-order chi connectivity index (χ1) is 11.7. The van der Waals surface area contributed by atoms with Gasteiger partial charge in [0.15, 0.2) is 0 Å². The SMILES string of the molecule is Cc1c(C)c2c(c(C)c1O)CC(CCOC(=O)CCC(=O)O)C(C)O2. The van der Waals surface area contributed by atoms with Crippen molar-refractivity contribution < 1.29 is 29.3 Å². The largest absolute Gasteiger partial charge is 0.507 e. The van der Waals surface area contributed by atoms with Crippen LogP contribution < -0.4 is 4.74 Å². The second-order valence-corrected chi connectivity index (χ2v) is 6.72. The van der Waals surface area contributed by atoms with E-state index in [2.05, 4.69) is 0 Å². The molecular formula is C19H26O6. The predicted octanol–water partition coefficient (Wildman–Crippen LogP) is 3.06. The topological polar surface area (TPSA) is 93.1 Å². The number of aromatic hydroxyl groups is 1. The van der Waals surface area contributed by atoms with Gasteiger partial charge in [0.2, 0.25) is 0 Å². The molecule has 138 valence electrons. The average molecular weight is 350 g/mol. The highest BCUT2D eigenvalue weighted by molar-refractivity contribution is 5.76. The summed E-state index contributed by atoms with van der Waals surface area (Å²) in [6.45, 7) is 7.96. The van der Waals surface area contributed by atoms with Gasteiger partial charge in [0.05, 0.1) is 25.6 Å². The van der Waals surface area contributed by atoms with Crippen molar-refractivity contribution in [3.8, 4) is 11.5 Å². The maximum Gasteiger partial charge on any atom is 0.306 e. The summed E-state index contributed by atoms with van der Waals surface area (Å²) in [7, 11) is 0. The van der Waals surface area contributed by atoms with E-state index in [1.807, 2.05) is 27.7 Å². The van der Waals surface area contributed by atoms with Crippen molar-refractivity contribution in [3.05, 3.63) is 22.3 Å². The van der Waals surface area contributed by atoms with Crippen molar-refractivity contribution in [2.24, 2.45) is 5.92 Å². The zero-order valence-electron chi connectivity index (χ0n) is 15.2. The number of carboxylic acids is 1. The van der Waals surface area contributed by atoms with E-state index in [0.29, 0.717) is 12.2 Å². The molecule has 1 aromatic rings. The Hall–Kier alpha value is -2.24. The van der Waals surface area contributed by atoms with Crippen LogP contribution in [0.3, 0.4) is 0 Å². The van der Waals surface area contributed by atoms with Crippen LogP contribution in [0.15, 0.2) is 0 Å². The minimum absolute atomic E-state index is 0.0211. The molecule has 1 aromatic carbocycles. The second kappa shape index (κ2) is 7.76. The van der Waals surface area contributed by atoms with Crippen LogP contribution in [0.4, 0.5) is 0 Å². The Kier molecular flexibility index (Phi) is 5.93. The molecule has 0 fully saturated rings. The van der Waals surface area contributed by atoms with Crippen LogP contribution in [-0.4, -0.2) is 34.9 Å². The zero-order valence-corrected chi connectivity index (χ0v) is 15.2. The number of carboxylic acid groups (broad SMARTS) is 1. The van der Waals surface area contributed by atoms with Crippen LogP contribution in [0.1, 0.15) is 48.4 Å². The maximum absolute atomic E-state index is 11.5. The van der Waals surface area contributed by atoms with Gasteiger partial charge in [-0.15, -0.1) is 0 Å². The lowest BCUT2D eigenvalue weighted by Crippen LogP contribution is -2.32. The van der Waals surface area contributed by atoms with Gasteiger partial charge < -0.3 is 19.7 Å². The molecule has 0 aliphatic carbocycles. The van der Waals surface area contributed by atoms with Crippen molar-refractivity contribution >= 4 is 11.9 Å². The van der Waals surface area contributed by atoms with Crippen molar-refractivity contribution in [1.82, 2.24) is 0 Å². The number of phenolic OH excluding ortho intramolecular Hbond substituents is 1. The van der Waals surface area contributed by atoms with Gasteiger partial charge in [0, 0.05) is 11.5 Å². The van der Waals surface area contributed by atoms with Crippen LogP contribution in [0.2, 0.25) is 0 Å². The van der Waals surface area contributed by atoms with E-state index in [4.69, 9.17) is 14.6 Å². The molecule has 1 aliphatic heterocycles. The first-order valence-corrected chi connectivity index (χ1v) is 8.58. The number of carbonyl (C=O) groups excluding carboxylic acids is 1. The highest BCUT2D eigenvalue weighted by Crippen LogP contribution is 2.42. The first-order valence-electron chi connectivity index (χ1n) is 8.58. The van der Waals surface area contributed by atoms with Gasteiger partial charge in [-0.05, 0) is 57.2 Å². The van der Waals surface area contributed by atoms with Gasteiger partial charge in [-0.2, -0.15) is 0 Å². The van der Waals surface area contributed by atoms with Crippen LogP contribution in [-0.2, 0) is 20.7 Å². The fourth-order valence-corrected chi connectivity index (χ4v) is 3.23. The molecule has 1 heterocycles. The lowest BCUT2D eigenvalue weighted by atomic mass is 9.84. The second-order valence-electron chi connectivity index (χ2n) is 6.72. The van der Waals surface area contributed by atoms with E-state index >= 15 is 0 Å². The van der Waals surface area contributed by atoms with Crippen molar-refractivity contribution in [3.63, 3.8) is 0 Å². The molecule has 2 atom stereocenters. The van der Waals surface area contributed by atoms with Crippen LogP contribution in [0.5, 0.6) is 11.5 Å². The lowest BCUT2D eigenvalue weighted by molar-refractivity contribution is -0.148.